The first-order chi connectivity index (χ1) is 12.8. The Morgan fingerprint density at radius 1 is 1.04 bits per heavy atom. The van der Waals surface area contributed by atoms with Gasteiger partial charge in [0, 0.05) is 5.69 Å². The fourth-order valence-corrected chi connectivity index (χ4v) is 6.47. The van der Waals surface area contributed by atoms with Crippen molar-refractivity contribution in [2.75, 3.05) is 5.32 Å². The molecular formula is C21H29N3O3. The van der Waals surface area contributed by atoms with Gasteiger partial charge in [0.25, 0.3) is 5.91 Å². The minimum Gasteiger partial charge on any atom is -0.508 e. The van der Waals surface area contributed by atoms with Crippen molar-refractivity contribution in [3.63, 3.8) is 0 Å². The van der Waals surface area contributed by atoms with E-state index in [4.69, 9.17) is 0 Å². The number of anilines is 1. The van der Waals surface area contributed by atoms with E-state index in [-0.39, 0.29) is 17.7 Å². The molecule has 1 unspecified atom stereocenters. The van der Waals surface area contributed by atoms with Gasteiger partial charge in [-0.3, -0.25) is 9.80 Å². The van der Waals surface area contributed by atoms with Gasteiger partial charge in [-0.25, -0.2) is 0 Å². The van der Waals surface area contributed by atoms with Gasteiger partial charge in [0.15, 0.2) is 0 Å². The van der Waals surface area contributed by atoms with E-state index in [0.717, 1.165) is 11.8 Å². The lowest BCUT2D eigenvalue weighted by molar-refractivity contribution is -0.281. The molecule has 4 aliphatic carbocycles. The molecule has 4 bridgehead atoms. The van der Waals surface area contributed by atoms with Gasteiger partial charge in [0.1, 0.15) is 11.3 Å². The quantitative estimate of drug-likeness (QED) is 0.560. The minimum absolute atomic E-state index is 0.117. The van der Waals surface area contributed by atoms with Crippen LogP contribution in [-0.2, 0) is 4.79 Å². The zero-order valence-corrected chi connectivity index (χ0v) is 16.0. The molecule has 1 aromatic rings. The number of amides is 1. The molecule has 0 aromatic heterocycles. The minimum atomic E-state index is -0.987. The molecule has 0 spiro atoms. The van der Waals surface area contributed by atoms with Gasteiger partial charge in [-0.15, -0.1) is 0 Å². The van der Waals surface area contributed by atoms with Crippen LogP contribution in [0.4, 0.5) is 5.69 Å². The largest absolute Gasteiger partial charge is 0.508 e. The maximum atomic E-state index is 13.0. The Morgan fingerprint density at radius 2 is 1.59 bits per heavy atom. The zero-order chi connectivity index (χ0) is 18.9. The summed E-state index contributed by atoms with van der Waals surface area (Å²) in [6, 6.07) is 6.84. The highest BCUT2D eigenvalue weighted by Gasteiger charge is 2.62. The second-order valence-corrected chi connectivity index (χ2v) is 9.54. The van der Waals surface area contributed by atoms with Gasteiger partial charge < -0.3 is 15.5 Å². The van der Waals surface area contributed by atoms with Crippen LogP contribution in [0.3, 0.4) is 0 Å². The maximum absolute atomic E-state index is 13.0. The van der Waals surface area contributed by atoms with Crippen molar-refractivity contribution in [1.29, 1.82) is 0 Å². The number of nitrogens with zero attached hydrogens (tertiary/aromatic N) is 2. The number of rotatable bonds is 4. The number of nitrogens with one attached hydrogen (secondary N) is 1. The first kappa shape index (κ1) is 17.3. The molecule has 1 heterocycles. The Balaban J connectivity index is 1.38. The third-order valence-corrected chi connectivity index (χ3v) is 7.39. The standard InChI is InChI=1S/C21H29N3O3/c1-21(2)19(26)23(18-14-8-12-7-13(10-14)11-15(18)9-12)24(21)20(27)22-16-3-5-17(25)6-4-16/h3-6,12-15,18,20,22,25,27H,7-11H2,1-2H3. The maximum Gasteiger partial charge on any atom is 0.259 e. The molecule has 5 fully saturated rings. The van der Waals surface area contributed by atoms with Crippen molar-refractivity contribution in [3.8, 4) is 5.75 Å². The van der Waals surface area contributed by atoms with E-state index < -0.39 is 11.9 Å². The van der Waals surface area contributed by atoms with Crippen molar-refractivity contribution < 1.29 is 15.0 Å². The molecule has 3 N–H and O–H groups in total. The molecule has 6 rings (SSSR count). The first-order valence-corrected chi connectivity index (χ1v) is 10.2. The van der Waals surface area contributed by atoms with Crippen molar-refractivity contribution in [2.24, 2.45) is 23.7 Å². The zero-order valence-electron chi connectivity index (χ0n) is 16.0. The number of phenolic OH excluding ortho intramolecular Hbond substituents is 1. The van der Waals surface area contributed by atoms with Crippen molar-refractivity contribution in [1.82, 2.24) is 10.0 Å². The second kappa shape index (κ2) is 5.85. The molecule has 6 nitrogen and oxygen atoms in total. The highest BCUT2D eigenvalue weighted by atomic mass is 16.3. The summed E-state index contributed by atoms with van der Waals surface area (Å²) in [5, 5.41) is 27.2. The molecule has 1 aromatic carbocycles. The van der Waals surface area contributed by atoms with E-state index in [1.165, 1.54) is 32.1 Å². The number of hydrogen-bond donors (Lipinski definition) is 3. The smallest absolute Gasteiger partial charge is 0.259 e. The number of aliphatic hydroxyl groups is 1. The van der Waals surface area contributed by atoms with Gasteiger partial charge >= 0.3 is 0 Å². The normalized spacial score (nSPS) is 38.0. The van der Waals surface area contributed by atoms with E-state index in [9.17, 15) is 15.0 Å². The summed E-state index contributed by atoms with van der Waals surface area (Å²) < 4.78 is 0. The van der Waals surface area contributed by atoms with Crippen molar-refractivity contribution >= 4 is 11.6 Å². The highest BCUT2D eigenvalue weighted by molar-refractivity contribution is 5.90. The SMILES string of the molecule is CC1(C)C(=O)N(C2C3CC4CC(C3)CC2C4)N1C(O)Nc1ccc(O)cc1. The lowest BCUT2D eigenvalue weighted by Gasteiger charge is -2.65. The number of aromatic hydroxyl groups is 1. The Hall–Kier alpha value is -1.79. The summed E-state index contributed by atoms with van der Waals surface area (Å²) in [6.07, 6.45) is 5.33. The van der Waals surface area contributed by atoms with Crippen LogP contribution in [0.5, 0.6) is 5.75 Å². The third kappa shape index (κ3) is 2.57. The summed E-state index contributed by atoms with van der Waals surface area (Å²) in [5.74, 6) is 3.15. The number of carbonyl (C=O) groups excluding carboxylic acids is 1. The fraction of sp³-hybridized carbons (Fsp3) is 0.667. The van der Waals surface area contributed by atoms with Crippen molar-refractivity contribution in [3.05, 3.63) is 24.3 Å². The van der Waals surface area contributed by atoms with E-state index in [1.807, 2.05) is 23.9 Å². The van der Waals surface area contributed by atoms with Crippen LogP contribution in [0.1, 0.15) is 46.0 Å². The van der Waals surface area contributed by atoms with E-state index in [1.54, 1.807) is 24.3 Å². The molecule has 1 aliphatic heterocycles. The summed E-state index contributed by atoms with van der Waals surface area (Å²) in [4.78, 5) is 13.0. The first-order valence-electron chi connectivity index (χ1n) is 10.2. The van der Waals surface area contributed by atoms with E-state index in [0.29, 0.717) is 17.5 Å². The Morgan fingerprint density at radius 3 is 2.15 bits per heavy atom. The highest BCUT2D eigenvalue weighted by Crippen LogP contribution is 2.57. The molecule has 1 amide bonds. The number of carbonyl (C=O) groups is 1. The lowest BCUT2D eigenvalue weighted by Crippen LogP contribution is -2.82. The average molecular weight is 371 g/mol. The fourth-order valence-electron chi connectivity index (χ4n) is 6.47. The predicted octanol–water partition coefficient (Wildman–Crippen LogP) is 2.74. The Labute approximate surface area is 160 Å². The summed E-state index contributed by atoms with van der Waals surface area (Å²) in [7, 11) is 0. The summed E-state index contributed by atoms with van der Waals surface area (Å²) >= 11 is 0. The molecular weight excluding hydrogens is 342 g/mol. The van der Waals surface area contributed by atoms with E-state index >= 15 is 0 Å². The molecule has 1 saturated heterocycles. The topological polar surface area (TPSA) is 76.0 Å². The number of phenols is 1. The summed E-state index contributed by atoms with van der Waals surface area (Å²) in [5.41, 5.74) is -0.0154. The van der Waals surface area contributed by atoms with Gasteiger partial charge in [-0.05, 0) is 93.9 Å². The predicted molar refractivity (Wildman–Crippen MR) is 101 cm³/mol. The van der Waals surface area contributed by atoms with Gasteiger partial charge in [-0.2, -0.15) is 5.01 Å². The van der Waals surface area contributed by atoms with Gasteiger partial charge in [-0.1, -0.05) is 0 Å². The van der Waals surface area contributed by atoms with Crippen LogP contribution in [-0.4, -0.2) is 44.1 Å². The van der Waals surface area contributed by atoms with Gasteiger partial charge in [0.05, 0.1) is 6.04 Å². The monoisotopic (exact) mass is 371 g/mol. The number of hydrogen-bond acceptors (Lipinski definition) is 5. The van der Waals surface area contributed by atoms with Crippen molar-refractivity contribution in [2.45, 2.75) is 63.9 Å². The lowest BCUT2D eigenvalue weighted by atomic mass is 9.53. The van der Waals surface area contributed by atoms with Crippen LogP contribution >= 0.6 is 0 Å². The molecule has 1 atom stereocenters. The summed E-state index contributed by atoms with van der Waals surface area (Å²) in [6.45, 7) is 3.76. The molecule has 146 valence electrons. The molecule has 6 heteroatoms. The van der Waals surface area contributed by atoms with Crippen LogP contribution in [0.2, 0.25) is 0 Å². The number of benzene rings is 1. The molecule has 0 radical (unpaired) electrons. The van der Waals surface area contributed by atoms with E-state index in [2.05, 4.69) is 5.32 Å². The number of aliphatic hydroxyl groups excluding tert-OH is 1. The second-order valence-electron chi connectivity index (χ2n) is 9.54. The molecule has 4 saturated carbocycles. The third-order valence-electron chi connectivity index (χ3n) is 7.39. The average Bonchev–Trinajstić information content (AvgIpc) is 2.61. The van der Waals surface area contributed by atoms with Crippen LogP contribution in [0, 0.1) is 23.7 Å². The van der Waals surface area contributed by atoms with Crippen LogP contribution in [0.15, 0.2) is 24.3 Å². The number of hydrazine groups is 1. The Kier molecular flexibility index (Phi) is 3.75. The molecule has 27 heavy (non-hydrogen) atoms. The van der Waals surface area contributed by atoms with Gasteiger partial charge in [0.2, 0.25) is 6.35 Å². The Bertz CT molecular complexity index is 720. The van der Waals surface area contributed by atoms with Crippen LogP contribution in [0.25, 0.3) is 0 Å². The molecule has 5 aliphatic rings. The van der Waals surface area contributed by atoms with Crippen LogP contribution < -0.4 is 5.32 Å².